The summed E-state index contributed by atoms with van der Waals surface area (Å²) in [5.41, 5.74) is -2.06. The van der Waals surface area contributed by atoms with Gasteiger partial charge in [-0.25, -0.2) is 9.59 Å². The molecule has 2 aliphatic rings. The molecule has 0 saturated carbocycles. The standard InChI is InChI=1S/C15H26N2O6/c18-11-9-16(5-1-2-6-16)15(13(20)21,14(22)23)17(10-12-19)7-3-4-8-17/h18-19H,1-12H2/p+2. The lowest BCUT2D eigenvalue weighted by molar-refractivity contribution is -1.14. The fraction of sp³-hybridized carbons (Fsp3) is 0.867. The minimum Gasteiger partial charge on any atom is -0.471 e. The molecule has 23 heavy (non-hydrogen) atoms. The lowest BCUT2D eigenvalue weighted by Crippen LogP contribution is -2.85. The van der Waals surface area contributed by atoms with Gasteiger partial charge in [-0.05, 0) is 0 Å². The summed E-state index contributed by atoms with van der Waals surface area (Å²) in [7, 11) is 0. The molecule has 2 rings (SSSR count). The van der Waals surface area contributed by atoms with E-state index in [1.54, 1.807) is 0 Å². The quantitative estimate of drug-likeness (QED) is 0.337. The Balaban J connectivity index is 2.68. The van der Waals surface area contributed by atoms with Gasteiger partial charge in [-0.2, -0.15) is 0 Å². The summed E-state index contributed by atoms with van der Waals surface area (Å²) < 4.78 is -0.262. The molecule has 2 fully saturated rings. The zero-order chi connectivity index (χ0) is 17.1. The van der Waals surface area contributed by atoms with Gasteiger partial charge in [0.15, 0.2) is 0 Å². The molecule has 0 aliphatic carbocycles. The number of hydrogen-bond acceptors (Lipinski definition) is 4. The Kier molecular flexibility index (Phi) is 5.30. The maximum atomic E-state index is 12.4. The molecule has 2 heterocycles. The Morgan fingerprint density at radius 1 is 0.739 bits per heavy atom. The Labute approximate surface area is 135 Å². The van der Waals surface area contributed by atoms with Gasteiger partial charge in [0.1, 0.15) is 13.1 Å². The maximum absolute atomic E-state index is 12.4. The molecule has 0 amide bonds. The van der Waals surface area contributed by atoms with Crippen molar-refractivity contribution in [2.75, 3.05) is 52.5 Å². The van der Waals surface area contributed by atoms with E-state index in [1.165, 1.54) is 0 Å². The van der Waals surface area contributed by atoms with Crippen molar-refractivity contribution >= 4 is 11.9 Å². The third kappa shape index (κ3) is 2.44. The Bertz CT molecular complexity index is 413. The molecule has 0 unspecified atom stereocenters. The van der Waals surface area contributed by atoms with Crippen LogP contribution in [0, 0.1) is 0 Å². The van der Waals surface area contributed by atoms with E-state index in [4.69, 9.17) is 0 Å². The minimum atomic E-state index is -2.06. The highest BCUT2D eigenvalue weighted by Crippen LogP contribution is 2.42. The van der Waals surface area contributed by atoms with Gasteiger partial charge in [-0.15, -0.1) is 0 Å². The monoisotopic (exact) mass is 332 g/mol. The van der Waals surface area contributed by atoms with Gasteiger partial charge in [-0.3, -0.25) is 8.97 Å². The highest BCUT2D eigenvalue weighted by Gasteiger charge is 2.77. The molecule has 4 N–H and O–H groups in total. The van der Waals surface area contributed by atoms with Gasteiger partial charge in [0, 0.05) is 25.7 Å². The van der Waals surface area contributed by atoms with Crippen molar-refractivity contribution in [3.8, 4) is 0 Å². The van der Waals surface area contributed by atoms with Crippen molar-refractivity contribution in [3.05, 3.63) is 0 Å². The molecule has 0 atom stereocenters. The molecular formula is C15H28N2O6+2. The molecule has 0 radical (unpaired) electrons. The second kappa shape index (κ2) is 6.72. The number of hydrogen-bond donors (Lipinski definition) is 4. The van der Waals surface area contributed by atoms with Crippen molar-refractivity contribution in [1.29, 1.82) is 0 Å². The van der Waals surface area contributed by atoms with Crippen molar-refractivity contribution < 1.29 is 39.0 Å². The van der Waals surface area contributed by atoms with Crippen LogP contribution in [0.25, 0.3) is 0 Å². The van der Waals surface area contributed by atoms with Crippen LogP contribution in [0.3, 0.4) is 0 Å². The first kappa shape index (κ1) is 18.1. The Hall–Kier alpha value is -1.22. The molecule has 0 spiro atoms. The number of rotatable bonds is 8. The van der Waals surface area contributed by atoms with Crippen LogP contribution in [0.4, 0.5) is 0 Å². The molecule has 8 heteroatoms. The lowest BCUT2D eigenvalue weighted by atomic mass is 9.98. The Morgan fingerprint density at radius 2 is 1.04 bits per heavy atom. The average molecular weight is 332 g/mol. The van der Waals surface area contributed by atoms with Crippen LogP contribution in [-0.4, -0.2) is 99.5 Å². The summed E-state index contributed by atoms with van der Waals surface area (Å²) in [6.45, 7) is 1.47. The first-order chi connectivity index (χ1) is 10.9. The third-order valence-corrected chi connectivity index (χ3v) is 5.87. The van der Waals surface area contributed by atoms with Crippen LogP contribution in [0.15, 0.2) is 0 Å². The molecule has 0 aromatic rings. The molecule has 2 aliphatic heterocycles. The number of carboxylic acids is 2. The molecule has 0 aromatic heterocycles. The predicted octanol–water partition coefficient (Wildman–Crippen LogP) is -0.942. The number of aliphatic hydroxyl groups excluding tert-OH is 2. The van der Waals surface area contributed by atoms with Crippen LogP contribution in [0.2, 0.25) is 0 Å². The lowest BCUT2D eigenvalue weighted by Gasteiger charge is -2.53. The number of carboxylic acid groups (broad SMARTS) is 2. The molecule has 132 valence electrons. The zero-order valence-corrected chi connectivity index (χ0v) is 13.5. The van der Waals surface area contributed by atoms with E-state index in [0.717, 1.165) is 25.7 Å². The molecule has 8 nitrogen and oxygen atoms in total. The maximum Gasteiger partial charge on any atom is 0.439 e. The van der Waals surface area contributed by atoms with Gasteiger partial charge >= 0.3 is 17.6 Å². The smallest absolute Gasteiger partial charge is 0.439 e. The van der Waals surface area contributed by atoms with Crippen molar-refractivity contribution in [2.24, 2.45) is 0 Å². The minimum absolute atomic E-state index is 0.115. The Morgan fingerprint density at radius 3 is 1.26 bits per heavy atom. The van der Waals surface area contributed by atoms with Crippen LogP contribution in [0.1, 0.15) is 25.7 Å². The molecule has 0 aromatic carbocycles. The van der Waals surface area contributed by atoms with E-state index in [1.807, 2.05) is 0 Å². The van der Waals surface area contributed by atoms with Crippen LogP contribution in [0.5, 0.6) is 0 Å². The highest BCUT2D eigenvalue weighted by atomic mass is 16.4. The normalized spacial score (nSPS) is 23.0. The summed E-state index contributed by atoms with van der Waals surface area (Å²) in [5.74, 6) is -2.70. The first-order valence-corrected chi connectivity index (χ1v) is 8.33. The second-order valence-corrected chi connectivity index (χ2v) is 6.78. The van der Waals surface area contributed by atoms with Gasteiger partial charge < -0.3 is 20.4 Å². The van der Waals surface area contributed by atoms with Gasteiger partial charge in [0.05, 0.1) is 39.4 Å². The van der Waals surface area contributed by atoms with E-state index < -0.39 is 17.6 Å². The van der Waals surface area contributed by atoms with Gasteiger partial charge in [0.2, 0.25) is 0 Å². The van der Waals surface area contributed by atoms with E-state index in [2.05, 4.69) is 0 Å². The third-order valence-electron chi connectivity index (χ3n) is 5.87. The number of aliphatic hydroxyl groups is 2. The van der Waals surface area contributed by atoms with E-state index in [0.29, 0.717) is 26.2 Å². The van der Waals surface area contributed by atoms with Crippen molar-refractivity contribution in [2.45, 2.75) is 31.3 Å². The predicted molar refractivity (Wildman–Crippen MR) is 80.4 cm³/mol. The van der Waals surface area contributed by atoms with Gasteiger partial charge in [-0.1, -0.05) is 0 Å². The largest absolute Gasteiger partial charge is 0.471 e. The van der Waals surface area contributed by atoms with Crippen LogP contribution >= 0.6 is 0 Å². The molecule has 2 saturated heterocycles. The summed E-state index contributed by atoms with van der Waals surface area (Å²) in [4.78, 5) is 24.8. The molecular weight excluding hydrogens is 304 g/mol. The fourth-order valence-corrected chi connectivity index (χ4v) is 5.04. The number of quaternary nitrogens is 2. The van der Waals surface area contributed by atoms with E-state index in [-0.39, 0.29) is 35.3 Å². The summed E-state index contributed by atoms with van der Waals surface area (Å²) in [5, 5.41) is 39.3. The van der Waals surface area contributed by atoms with E-state index in [9.17, 15) is 30.0 Å². The highest BCUT2D eigenvalue weighted by molar-refractivity contribution is 5.99. The first-order valence-electron chi connectivity index (χ1n) is 8.33. The summed E-state index contributed by atoms with van der Waals surface area (Å²) >= 11 is 0. The van der Waals surface area contributed by atoms with Gasteiger partial charge in [0.25, 0.3) is 0 Å². The van der Waals surface area contributed by atoms with Crippen LogP contribution < -0.4 is 0 Å². The van der Waals surface area contributed by atoms with Crippen molar-refractivity contribution in [1.82, 2.24) is 0 Å². The SMILES string of the molecule is O=C(O)C(C(=O)O)([N+]1(CCO)CCCC1)[N+]1(CCO)CCCC1. The fourth-order valence-electron chi connectivity index (χ4n) is 5.04. The number of aliphatic carboxylic acids is 2. The zero-order valence-electron chi connectivity index (χ0n) is 13.5. The summed E-state index contributed by atoms with van der Waals surface area (Å²) in [6, 6.07) is 0. The topological polar surface area (TPSA) is 115 Å². The number of carbonyl (C=O) groups is 2. The van der Waals surface area contributed by atoms with E-state index >= 15 is 0 Å². The van der Waals surface area contributed by atoms with Crippen molar-refractivity contribution in [3.63, 3.8) is 0 Å². The number of nitrogens with zero attached hydrogens (tertiary/aromatic N) is 2. The summed E-state index contributed by atoms with van der Waals surface area (Å²) in [6.07, 6.45) is 3.01. The number of likely N-dealkylation sites (tertiary alicyclic amines) is 2. The molecule has 0 bridgehead atoms. The van der Waals surface area contributed by atoms with Crippen LogP contribution in [-0.2, 0) is 9.59 Å². The second-order valence-electron chi connectivity index (χ2n) is 6.78. The average Bonchev–Trinajstić information content (AvgIpc) is 3.11.